The Kier molecular flexibility index (Phi) is 5.98. The molecule has 28 heavy (non-hydrogen) atoms. The van der Waals surface area contributed by atoms with Crippen molar-refractivity contribution in [1.29, 1.82) is 5.26 Å². The predicted molar refractivity (Wildman–Crippen MR) is 96.5 cm³/mol. The molecule has 2 fully saturated rings. The van der Waals surface area contributed by atoms with Gasteiger partial charge in [0.15, 0.2) is 4.90 Å². The summed E-state index contributed by atoms with van der Waals surface area (Å²) in [5, 5.41) is 12.1. The first-order valence-electron chi connectivity index (χ1n) is 9.16. The van der Waals surface area contributed by atoms with Crippen molar-refractivity contribution in [3.8, 4) is 6.07 Å². The molecule has 1 amide bonds. The molecule has 1 N–H and O–H groups in total. The Hall–Kier alpha value is -2.09. The van der Waals surface area contributed by atoms with Crippen LogP contribution in [0.1, 0.15) is 25.7 Å². The molecule has 0 aromatic heterocycles. The quantitative estimate of drug-likeness (QED) is 0.785. The standard InChI is InChI=1S/C18H22F2N4O3S/c19-14-4-3-5-15(20)17(14)28(26,27)24-10-8-23(9-11-24)12-16(25)22-18(13-21)6-1-2-7-18/h3-5H,1-2,6-12H2,(H,22,25). The van der Waals surface area contributed by atoms with Crippen molar-refractivity contribution < 1.29 is 22.0 Å². The molecule has 0 radical (unpaired) electrons. The highest BCUT2D eigenvalue weighted by Gasteiger charge is 2.37. The van der Waals surface area contributed by atoms with Gasteiger partial charge in [-0.3, -0.25) is 9.69 Å². The number of carbonyl (C=O) groups excluding carboxylic acids is 1. The molecule has 1 aliphatic carbocycles. The first-order chi connectivity index (χ1) is 13.3. The molecule has 7 nitrogen and oxygen atoms in total. The van der Waals surface area contributed by atoms with Crippen LogP contribution in [0.25, 0.3) is 0 Å². The van der Waals surface area contributed by atoms with Gasteiger partial charge in [0.25, 0.3) is 0 Å². The van der Waals surface area contributed by atoms with E-state index in [1.165, 1.54) is 0 Å². The molecule has 3 rings (SSSR count). The number of amides is 1. The summed E-state index contributed by atoms with van der Waals surface area (Å²) in [5.41, 5.74) is -0.801. The molecule has 2 aliphatic rings. The van der Waals surface area contributed by atoms with Crippen LogP contribution in [0, 0.1) is 23.0 Å². The van der Waals surface area contributed by atoms with E-state index in [0.717, 1.165) is 35.3 Å². The monoisotopic (exact) mass is 412 g/mol. The van der Waals surface area contributed by atoms with Crippen molar-refractivity contribution >= 4 is 15.9 Å². The SMILES string of the molecule is N#CC1(NC(=O)CN2CCN(S(=O)(=O)c3c(F)cccc3F)CC2)CCCC1. The lowest BCUT2D eigenvalue weighted by molar-refractivity contribution is -0.123. The van der Waals surface area contributed by atoms with Gasteiger partial charge in [0, 0.05) is 26.2 Å². The van der Waals surface area contributed by atoms with Gasteiger partial charge in [0.1, 0.15) is 17.2 Å². The van der Waals surface area contributed by atoms with Crippen molar-refractivity contribution in [2.45, 2.75) is 36.1 Å². The topological polar surface area (TPSA) is 93.5 Å². The molecule has 152 valence electrons. The fraction of sp³-hybridized carbons (Fsp3) is 0.556. The first-order valence-corrected chi connectivity index (χ1v) is 10.6. The van der Waals surface area contributed by atoms with Gasteiger partial charge in [0.2, 0.25) is 15.9 Å². The molecule has 1 aromatic rings. The molecule has 1 heterocycles. The Morgan fingerprint density at radius 1 is 1.14 bits per heavy atom. The Balaban J connectivity index is 1.59. The van der Waals surface area contributed by atoms with Crippen molar-refractivity contribution in [2.24, 2.45) is 0 Å². The lowest BCUT2D eigenvalue weighted by Crippen LogP contribution is -2.53. The number of rotatable bonds is 5. The van der Waals surface area contributed by atoms with E-state index in [-0.39, 0.29) is 38.6 Å². The van der Waals surface area contributed by atoms with Gasteiger partial charge in [-0.1, -0.05) is 6.07 Å². The van der Waals surface area contributed by atoms with E-state index in [9.17, 15) is 27.3 Å². The maximum atomic E-state index is 13.9. The molecular weight excluding hydrogens is 390 g/mol. The minimum absolute atomic E-state index is 0.0206. The van der Waals surface area contributed by atoms with E-state index in [1.54, 1.807) is 4.90 Å². The van der Waals surface area contributed by atoms with Gasteiger partial charge >= 0.3 is 0 Å². The number of sulfonamides is 1. The summed E-state index contributed by atoms with van der Waals surface area (Å²) in [6.07, 6.45) is 3.07. The van der Waals surface area contributed by atoms with E-state index in [0.29, 0.717) is 12.8 Å². The Bertz CT molecular complexity index is 866. The fourth-order valence-corrected chi connectivity index (χ4v) is 5.27. The van der Waals surface area contributed by atoms with Gasteiger partial charge in [0.05, 0.1) is 12.6 Å². The summed E-state index contributed by atoms with van der Waals surface area (Å²) in [5.74, 6) is -2.53. The third kappa shape index (κ3) is 4.16. The zero-order valence-electron chi connectivity index (χ0n) is 15.3. The van der Waals surface area contributed by atoms with Gasteiger partial charge < -0.3 is 5.32 Å². The molecule has 1 aromatic carbocycles. The Labute approximate surface area is 163 Å². The lowest BCUT2D eigenvalue weighted by atomic mass is 10.00. The zero-order valence-corrected chi connectivity index (χ0v) is 16.1. The van der Waals surface area contributed by atoms with Crippen molar-refractivity contribution in [3.63, 3.8) is 0 Å². The highest BCUT2D eigenvalue weighted by atomic mass is 32.2. The van der Waals surface area contributed by atoms with E-state index in [2.05, 4.69) is 11.4 Å². The van der Waals surface area contributed by atoms with Gasteiger partial charge in [-0.25, -0.2) is 17.2 Å². The van der Waals surface area contributed by atoms with E-state index in [1.807, 2.05) is 0 Å². The number of hydrogen-bond acceptors (Lipinski definition) is 5. The number of nitrogens with zero attached hydrogens (tertiary/aromatic N) is 3. The summed E-state index contributed by atoms with van der Waals surface area (Å²) in [6, 6.07) is 5.12. The van der Waals surface area contributed by atoms with Gasteiger partial charge in [-0.15, -0.1) is 0 Å². The Morgan fingerprint density at radius 2 is 1.71 bits per heavy atom. The molecule has 1 aliphatic heterocycles. The van der Waals surface area contributed by atoms with Crippen LogP contribution in [0.3, 0.4) is 0 Å². The fourth-order valence-electron chi connectivity index (χ4n) is 3.74. The molecule has 10 heteroatoms. The third-order valence-corrected chi connectivity index (χ3v) is 7.22. The normalized spacial score (nSPS) is 20.6. The summed E-state index contributed by atoms with van der Waals surface area (Å²) < 4.78 is 53.9. The van der Waals surface area contributed by atoms with Crippen LogP contribution in [0.5, 0.6) is 0 Å². The third-order valence-electron chi connectivity index (χ3n) is 5.27. The summed E-state index contributed by atoms with van der Waals surface area (Å²) in [6.45, 7) is 0.593. The van der Waals surface area contributed by atoms with Crippen LogP contribution in [-0.4, -0.2) is 61.8 Å². The van der Waals surface area contributed by atoms with Crippen LogP contribution >= 0.6 is 0 Å². The smallest absolute Gasteiger partial charge is 0.249 e. The average molecular weight is 412 g/mol. The minimum atomic E-state index is -4.29. The van der Waals surface area contributed by atoms with Gasteiger partial charge in [-0.2, -0.15) is 9.57 Å². The number of benzene rings is 1. The minimum Gasteiger partial charge on any atom is -0.337 e. The van der Waals surface area contributed by atoms with E-state index < -0.39 is 32.1 Å². The largest absolute Gasteiger partial charge is 0.337 e. The average Bonchev–Trinajstić information content (AvgIpc) is 3.10. The second-order valence-corrected chi connectivity index (χ2v) is 9.05. The summed E-state index contributed by atoms with van der Waals surface area (Å²) in [7, 11) is -4.29. The molecule has 0 bridgehead atoms. The van der Waals surface area contributed by atoms with Crippen LogP contribution < -0.4 is 5.32 Å². The second kappa shape index (κ2) is 8.11. The molecule has 1 saturated carbocycles. The number of piperazine rings is 1. The van der Waals surface area contributed by atoms with Crippen molar-refractivity contribution in [2.75, 3.05) is 32.7 Å². The summed E-state index contributed by atoms with van der Waals surface area (Å²) >= 11 is 0. The molecule has 0 spiro atoms. The molecule has 0 atom stereocenters. The maximum absolute atomic E-state index is 13.9. The number of carbonyl (C=O) groups is 1. The van der Waals surface area contributed by atoms with Crippen LogP contribution in [0.2, 0.25) is 0 Å². The number of nitriles is 1. The Morgan fingerprint density at radius 3 is 2.25 bits per heavy atom. The molecular formula is C18H22F2N4O3S. The number of hydrogen-bond donors (Lipinski definition) is 1. The highest BCUT2D eigenvalue weighted by molar-refractivity contribution is 7.89. The number of halogens is 2. The van der Waals surface area contributed by atoms with E-state index >= 15 is 0 Å². The van der Waals surface area contributed by atoms with Crippen LogP contribution in [0.15, 0.2) is 23.1 Å². The van der Waals surface area contributed by atoms with Crippen molar-refractivity contribution in [3.05, 3.63) is 29.8 Å². The van der Waals surface area contributed by atoms with Crippen LogP contribution in [0.4, 0.5) is 8.78 Å². The van der Waals surface area contributed by atoms with E-state index in [4.69, 9.17) is 0 Å². The summed E-state index contributed by atoms with van der Waals surface area (Å²) in [4.78, 5) is 13.1. The second-order valence-electron chi connectivity index (χ2n) is 7.18. The molecule has 1 saturated heterocycles. The van der Waals surface area contributed by atoms with Crippen LogP contribution in [-0.2, 0) is 14.8 Å². The van der Waals surface area contributed by atoms with Gasteiger partial charge in [-0.05, 0) is 37.8 Å². The zero-order chi connectivity index (χ0) is 20.4. The molecule has 0 unspecified atom stereocenters. The predicted octanol–water partition coefficient (Wildman–Crippen LogP) is 1.22. The number of nitrogens with one attached hydrogen (secondary N) is 1. The maximum Gasteiger partial charge on any atom is 0.249 e. The lowest BCUT2D eigenvalue weighted by Gasteiger charge is -2.34. The highest BCUT2D eigenvalue weighted by Crippen LogP contribution is 2.29. The first kappa shape index (κ1) is 20.6. The van der Waals surface area contributed by atoms with Crippen molar-refractivity contribution in [1.82, 2.24) is 14.5 Å².